The van der Waals surface area contributed by atoms with Crippen LogP contribution in [0.1, 0.15) is 41.5 Å². The molecule has 0 aromatic rings. The summed E-state index contributed by atoms with van der Waals surface area (Å²) in [4.78, 5) is 21.0. The van der Waals surface area contributed by atoms with E-state index in [0.29, 0.717) is 0 Å². The molecule has 2 N–H and O–H groups in total. The third-order valence-corrected chi connectivity index (χ3v) is 6.07. The molecule has 0 radical (unpaired) electrons. The fraction of sp³-hybridized carbons (Fsp3) is 0.867. The largest absolute Gasteiger partial charge is 1.00 e. The molecule has 0 aromatic carbocycles. The molecule has 0 aliphatic rings. The molecule has 0 aromatic heterocycles. The minimum atomic E-state index is -3.44. The van der Waals surface area contributed by atoms with Crippen LogP contribution in [0.3, 0.4) is 0 Å². The summed E-state index contributed by atoms with van der Waals surface area (Å²) in [6.07, 6.45) is 0. The van der Waals surface area contributed by atoms with Crippen LogP contribution in [-0.4, -0.2) is 69.0 Å². The van der Waals surface area contributed by atoms with Crippen LogP contribution in [-0.2, 0) is 34.0 Å². The number of sulfone groups is 2. The maximum Gasteiger partial charge on any atom is 1.00 e. The number of rotatable bonds is 8. The molecule has 0 atom stereocenters. The van der Waals surface area contributed by atoms with Crippen LogP contribution in [0.25, 0.3) is 0 Å². The number of carboxylic acid groups (broad SMARTS) is 1. The zero-order valence-corrected chi connectivity index (χ0v) is 20.8. The van der Waals surface area contributed by atoms with Crippen LogP contribution >= 0.6 is 0 Å². The van der Waals surface area contributed by atoms with E-state index in [9.17, 15) is 26.4 Å². The number of carbonyl (C=O) groups excluding carboxylic acids is 1. The topological polar surface area (TPSA) is 162 Å². The van der Waals surface area contributed by atoms with Gasteiger partial charge in [-0.2, -0.15) is 0 Å². The Morgan fingerprint density at radius 1 is 1.00 bits per heavy atom. The van der Waals surface area contributed by atoms with E-state index in [4.69, 9.17) is 5.11 Å². The molecule has 27 heavy (non-hydrogen) atoms. The predicted octanol–water partition coefficient (Wildman–Crippen LogP) is -2.02. The van der Waals surface area contributed by atoms with Crippen LogP contribution in [0.15, 0.2) is 0 Å². The van der Waals surface area contributed by atoms with Gasteiger partial charge in [0.15, 0.2) is 19.7 Å². The Morgan fingerprint density at radius 3 is 1.74 bits per heavy atom. The van der Waals surface area contributed by atoms with Gasteiger partial charge in [0.2, 0.25) is 0 Å². The van der Waals surface area contributed by atoms with Crippen molar-refractivity contribution in [1.82, 2.24) is 0 Å². The molecular weight excluding hydrogens is 411 g/mol. The van der Waals surface area contributed by atoms with Gasteiger partial charge in [0.05, 0.1) is 18.1 Å². The Hall–Kier alpha value is -0.200. The Balaban J connectivity index is -0.000000183. The van der Waals surface area contributed by atoms with Crippen LogP contribution in [0.2, 0.25) is 0 Å². The minimum absolute atomic E-state index is 0. The summed E-state index contributed by atoms with van der Waals surface area (Å²) in [5, 5.41) is 8.27. The molecule has 0 aliphatic carbocycles. The number of aliphatic carboxylic acids is 1. The third kappa shape index (κ3) is 25.8. The number of hydrogen-bond donors (Lipinski definition) is 1. The fourth-order valence-corrected chi connectivity index (χ4v) is 5.22. The summed E-state index contributed by atoms with van der Waals surface area (Å²) in [5.74, 6) is -3.25. The van der Waals surface area contributed by atoms with E-state index in [0.717, 1.165) is 0 Å². The van der Waals surface area contributed by atoms with Gasteiger partial charge < -0.3 is 15.3 Å². The molecule has 0 saturated carbocycles. The molecule has 12 heteroatoms. The molecule has 0 heterocycles. The van der Waals surface area contributed by atoms with Crippen molar-refractivity contribution in [1.29, 1.82) is 0 Å². The number of esters is 1. The van der Waals surface area contributed by atoms with Crippen molar-refractivity contribution < 1.29 is 71.3 Å². The van der Waals surface area contributed by atoms with Gasteiger partial charge in [0.25, 0.3) is 0 Å². The van der Waals surface area contributed by atoms with Gasteiger partial charge in [-0.25, -0.2) is 16.8 Å². The van der Waals surface area contributed by atoms with Gasteiger partial charge in [-0.05, 0) is 18.3 Å². The normalized spacial score (nSPS) is 11.4. The predicted molar refractivity (Wildman–Crippen MR) is 97.8 cm³/mol. The maximum absolute atomic E-state index is 11.2. The van der Waals surface area contributed by atoms with Gasteiger partial charge >= 0.3 is 41.5 Å². The summed E-state index contributed by atoms with van der Waals surface area (Å²) in [7, 11) is -6.71. The Morgan fingerprint density at radius 2 is 1.44 bits per heavy atom. The van der Waals surface area contributed by atoms with Crippen LogP contribution in [0.4, 0.5) is 0 Å². The second-order valence-electron chi connectivity index (χ2n) is 7.24. The summed E-state index contributed by atoms with van der Waals surface area (Å²) in [6, 6.07) is 0. The molecule has 0 saturated heterocycles. The Bertz CT molecular complexity index is 633. The van der Waals surface area contributed by atoms with E-state index in [2.05, 4.69) is 4.74 Å². The molecule has 0 aliphatic heterocycles. The number of ether oxygens (including phenoxy) is 1. The minimum Gasteiger partial charge on any atom is -0.870 e. The summed E-state index contributed by atoms with van der Waals surface area (Å²) >= 11 is 0. The molecule has 9 nitrogen and oxygen atoms in total. The van der Waals surface area contributed by atoms with Gasteiger partial charge in [0.1, 0.15) is 11.5 Å². The number of carboxylic acids is 1. The zero-order chi connectivity index (χ0) is 20.5. The molecule has 0 fully saturated rings. The quantitative estimate of drug-likeness (QED) is 0.330. The second-order valence-corrected chi connectivity index (χ2v) is 11.4. The number of hydrogen-bond acceptors (Lipinski definition) is 8. The van der Waals surface area contributed by atoms with E-state index < -0.39 is 43.1 Å². The van der Waals surface area contributed by atoms with Crippen molar-refractivity contribution in [3.8, 4) is 0 Å². The molecule has 0 rings (SSSR count). The smallest absolute Gasteiger partial charge is 0.870 e. The van der Waals surface area contributed by atoms with Crippen molar-refractivity contribution in [2.24, 2.45) is 11.3 Å². The molecule has 158 valence electrons. The SMILES string of the molecule is CC(C)(C)CS(=O)(=O)CC(=O)O.CCOC(=O)CS(=O)(=O)CC(C)C.[Na+].[OH-]. The van der Waals surface area contributed by atoms with Gasteiger partial charge in [-0.15, -0.1) is 0 Å². The van der Waals surface area contributed by atoms with E-state index in [-0.39, 0.29) is 64.5 Å². The zero-order valence-electron chi connectivity index (χ0n) is 17.2. The van der Waals surface area contributed by atoms with Crippen molar-refractivity contribution >= 4 is 31.6 Å². The first-order chi connectivity index (χ1) is 11.0. The van der Waals surface area contributed by atoms with Crippen LogP contribution in [0, 0.1) is 11.3 Å². The van der Waals surface area contributed by atoms with E-state index >= 15 is 0 Å². The van der Waals surface area contributed by atoms with Crippen molar-refractivity contribution in [2.45, 2.75) is 41.5 Å². The second kappa shape index (κ2) is 14.7. The van der Waals surface area contributed by atoms with E-state index in [1.807, 2.05) is 0 Å². The first-order valence-electron chi connectivity index (χ1n) is 7.78. The van der Waals surface area contributed by atoms with E-state index in [1.165, 1.54) is 0 Å². The first kappa shape index (κ1) is 34.3. The van der Waals surface area contributed by atoms with E-state index in [1.54, 1.807) is 41.5 Å². The molecule has 0 bridgehead atoms. The fourth-order valence-electron chi connectivity index (χ4n) is 1.85. The average molecular weight is 443 g/mol. The number of carbonyl (C=O) groups is 2. The summed E-state index contributed by atoms with van der Waals surface area (Å²) in [5.41, 5.74) is -0.381. The van der Waals surface area contributed by atoms with Gasteiger partial charge in [-0.3, -0.25) is 9.59 Å². The molecule has 0 spiro atoms. The van der Waals surface area contributed by atoms with Crippen molar-refractivity contribution in [2.75, 3.05) is 29.6 Å². The van der Waals surface area contributed by atoms with Crippen LogP contribution in [0.5, 0.6) is 0 Å². The standard InChI is InChI=1S/C8H16O4S.C7H14O4S.Na.H2O/c1-4-12-8(9)6-13(10,11)5-7(2)3;1-7(2,3)5-12(10,11)4-6(8)9;;/h7H,4-6H2,1-3H3;4-5H2,1-3H3,(H,8,9);;1H2/q;;+1;/p-1. The molecular formula is C15H31NaO9S2. The van der Waals surface area contributed by atoms with Crippen molar-refractivity contribution in [3.05, 3.63) is 0 Å². The summed E-state index contributed by atoms with van der Waals surface area (Å²) < 4.78 is 49.1. The van der Waals surface area contributed by atoms with Gasteiger partial charge in [0, 0.05) is 0 Å². The molecule has 0 amide bonds. The maximum atomic E-state index is 11.2. The average Bonchev–Trinajstić information content (AvgIpc) is 2.20. The van der Waals surface area contributed by atoms with Crippen LogP contribution < -0.4 is 29.6 Å². The first-order valence-corrected chi connectivity index (χ1v) is 11.4. The van der Waals surface area contributed by atoms with Gasteiger partial charge in [-0.1, -0.05) is 34.6 Å². The monoisotopic (exact) mass is 442 g/mol. The summed E-state index contributed by atoms with van der Waals surface area (Å²) in [6.45, 7) is 10.7. The molecule has 0 unspecified atom stereocenters. The Kier molecular flexibility index (Phi) is 18.7. The Labute approximate surface area is 184 Å². The van der Waals surface area contributed by atoms with Crippen molar-refractivity contribution in [3.63, 3.8) is 0 Å². The third-order valence-electron chi connectivity index (χ3n) is 2.23.